The Hall–Kier alpha value is -2.75. The van der Waals surface area contributed by atoms with Crippen LogP contribution in [0.15, 0.2) is 59.1 Å². The highest BCUT2D eigenvalue weighted by atomic mass is 19.1. The van der Waals surface area contributed by atoms with Crippen molar-refractivity contribution in [2.75, 3.05) is 0 Å². The largest absolute Gasteiger partial charge is 0.436 e. The van der Waals surface area contributed by atoms with Gasteiger partial charge in [0.15, 0.2) is 0 Å². The van der Waals surface area contributed by atoms with E-state index < -0.39 is 0 Å². The minimum atomic E-state index is -0.272. The molecule has 0 bridgehead atoms. The maximum atomic E-state index is 12.9. The number of furan rings is 1. The summed E-state index contributed by atoms with van der Waals surface area (Å²) < 4.78 is 18.6. The summed E-state index contributed by atoms with van der Waals surface area (Å²) >= 11 is 0. The first-order chi connectivity index (χ1) is 9.81. The molecule has 0 atom stereocenters. The number of aromatic nitrogens is 2. The summed E-state index contributed by atoms with van der Waals surface area (Å²) in [6, 6.07) is 13.8. The molecule has 0 fully saturated rings. The minimum absolute atomic E-state index is 0.272. The van der Waals surface area contributed by atoms with Gasteiger partial charge in [0.25, 0.3) is 0 Å². The van der Waals surface area contributed by atoms with Gasteiger partial charge in [0, 0.05) is 10.9 Å². The third-order valence-corrected chi connectivity index (χ3v) is 3.23. The van der Waals surface area contributed by atoms with Gasteiger partial charge in [0.05, 0.1) is 11.9 Å². The minimum Gasteiger partial charge on any atom is -0.436 e. The third-order valence-electron chi connectivity index (χ3n) is 3.23. The number of para-hydroxylation sites is 1. The summed E-state index contributed by atoms with van der Waals surface area (Å²) in [5.41, 5.74) is 3.47. The molecular formula is C16H9FN2O. The van der Waals surface area contributed by atoms with Gasteiger partial charge < -0.3 is 4.42 Å². The fourth-order valence-electron chi connectivity index (χ4n) is 2.24. The molecule has 0 saturated carbocycles. The second-order valence-electron chi connectivity index (χ2n) is 4.51. The van der Waals surface area contributed by atoms with Crippen molar-refractivity contribution in [1.82, 2.24) is 9.97 Å². The predicted octanol–water partition coefficient (Wildman–Crippen LogP) is 4.18. The van der Waals surface area contributed by atoms with Crippen molar-refractivity contribution in [2.45, 2.75) is 0 Å². The van der Waals surface area contributed by atoms with E-state index in [2.05, 4.69) is 9.97 Å². The van der Waals surface area contributed by atoms with Gasteiger partial charge in [-0.25, -0.2) is 14.4 Å². The van der Waals surface area contributed by atoms with Gasteiger partial charge in [-0.2, -0.15) is 0 Å². The number of fused-ring (bicyclic) bond motifs is 3. The van der Waals surface area contributed by atoms with Gasteiger partial charge >= 0.3 is 0 Å². The molecule has 2 heterocycles. The summed E-state index contributed by atoms with van der Waals surface area (Å²) in [6.45, 7) is 0. The molecule has 0 saturated heterocycles. The zero-order chi connectivity index (χ0) is 13.5. The molecular weight excluding hydrogens is 255 g/mol. The molecule has 4 rings (SSSR count). The highest BCUT2D eigenvalue weighted by molar-refractivity contribution is 6.01. The van der Waals surface area contributed by atoms with Gasteiger partial charge in [-0.3, -0.25) is 0 Å². The van der Waals surface area contributed by atoms with Gasteiger partial charge in [-0.15, -0.1) is 0 Å². The Balaban J connectivity index is 1.94. The van der Waals surface area contributed by atoms with Gasteiger partial charge in [-0.05, 0) is 36.4 Å². The van der Waals surface area contributed by atoms with Crippen molar-refractivity contribution < 1.29 is 8.81 Å². The van der Waals surface area contributed by atoms with Crippen molar-refractivity contribution in [1.29, 1.82) is 0 Å². The van der Waals surface area contributed by atoms with E-state index in [1.807, 2.05) is 24.3 Å². The normalized spacial score (nSPS) is 11.2. The number of benzene rings is 2. The van der Waals surface area contributed by atoms with Crippen LogP contribution in [0.3, 0.4) is 0 Å². The second kappa shape index (κ2) is 4.13. The van der Waals surface area contributed by atoms with Gasteiger partial charge in [-0.1, -0.05) is 12.1 Å². The van der Waals surface area contributed by atoms with Gasteiger partial charge in [0.1, 0.15) is 16.9 Å². The topological polar surface area (TPSA) is 38.9 Å². The highest BCUT2D eigenvalue weighted by Gasteiger charge is 2.10. The maximum absolute atomic E-state index is 12.9. The molecule has 0 aliphatic carbocycles. The van der Waals surface area contributed by atoms with Crippen molar-refractivity contribution >= 4 is 22.2 Å². The third kappa shape index (κ3) is 1.66. The summed E-state index contributed by atoms with van der Waals surface area (Å²) in [5, 5.41) is 0.945. The Bertz CT molecular complexity index is 913. The molecule has 0 unspecified atom stereocenters. The first-order valence-corrected chi connectivity index (χ1v) is 6.21. The van der Waals surface area contributed by atoms with Crippen LogP contribution < -0.4 is 0 Å². The number of rotatable bonds is 1. The highest BCUT2D eigenvalue weighted by Crippen LogP contribution is 2.27. The molecule has 20 heavy (non-hydrogen) atoms. The molecule has 0 amide bonds. The van der Waals surface area contributed by atoms with Crippen LogP contribution in [0.5, 0.6) is 0 Å². The van der Waals surface area contributed by atoms with Crippen LogP contribution in [0.1, 0.15) is 0 Å². The van der Waals surface area contributed by atoms with Crippen molar-refractivity contribution in [2.24, 2.45) is 0 Å². The van der Waals surface area contributed by atoms with E-state index in [9.17, 15) is 4.39 Å². The smallest absolute Gasteiger partial charge is 0.246 e. The van der Waals surface area contributed by atoms with E-state index in [1.165, 1.54) is 12.1 Å². The van der Waals surface area contributed by atoms with E-state index in [0.29, 0.717) is 11.4 Å². The zero-order valence-electron chi connectivity index (χ0n) is 10.4. The number of nitrogens with zero attached hydrogens (tertiary/aromatic N) is 2. The number of hydrogen-bond acceptors (Lipinski definition) is 3. The summed E-state index contributed by atoms with van der Waals surface area (Å²) in [5.74, 6) is -0.272. The lowest BCUT2D eigenvalue weighted by atomic mass is 10.1. The molecule has 2 aromatic carbocycles. The first kappa shape index (κ1) is 11.1. The van der Waals surface area contributed by atoms with Crippen LogP contribution in [0.25, 0.3) is 33.5 Å². The predicted molar refractivity (Wildman–Crippen MR) is 74.7 cm³/mol. The van der Waals surface area contributed by atoms with Crippen molar-refractivity contribution in [3.05, 3.63) is 60.5 Å². The molecule has 96 valence electrons. The van der Waals surface area contributed by atoms with Crippen molar-refractivity contribution in [3.63, 3.8) is 0 Å². The van der Waals surface area contributed by atoms with Crippen LogP contribution in [-0.2, 0) is 0 Å². The molecule has 3 nitrogen and oxygen atoms in total. The lowest BCUT2D eigenvalue weighted by Crippen LogP contribution is -1.86. The Morgan fingerprint density at radius 1 is 0.950 bits per heavy atom. The molecule has 4 heteroatoms. The Morgan fingerprint density at radius 3 is 2.60 bits per heavy atom. The summed E-state index contributed by atoms with van der Waals surface area (Å²) in [6.07, 6.45) is 1.68. The molecule has 0 aliphatic heterocycles. The SMILES string of the molecule is Fc1ccc(-c2cnc3c(n2)oc2ccccc23)cc1. The standard InChI is InChI=1S/C16H9FN2O/c17-11-7-5-10(6-8-11)13-9-18-15-12-3-1-2-4-14(12)20-16(15)19-13/h1-9H. The average Bonchev–Trinajstić information content (AvgIpc) is 2.85. The Labute approximate surface area is 113 Å². The van der Waals surface area contributed by atoms with Crippen LogP contribution in [0, 0.1) is 5.82 Å². The van der Waals surface area contributed by atoms with E-state index in [0.717, 1.165) is 22.0 Å². The molecule has 0 aliphatic rings. The van der Waals surface area contributed by atoms with E-state index >= 15 is 0 Å². The monoisotopic (exact) mass is 264 g/mol. The quantitative estimate of drug-likeness (QED) is 0.517. The lowest BCUT2D eigenvalue weighted by molar-refractivity contribution is 0.628. The molecule has 4 aromatic rings. The number of halogens is 1. The lowest BCUT2D eigenvalue weighted by Gasteiger charge is -1.99. The van der Waals surface area contributed by atoms with Crippen LogP contribution in [-0.4, -0.2) is 9.97 Å². The molecule has 0 radical (unpaired) electrons. The number of hydrogen-bond donors (Lipinski definition) is 0. The fraction of sp³-hybridized carbons (Fsp3) is 0. The van der Waals surface area contributed by atoms with E-state index in [-0.39, 0.29) is 5.82 Å². The maximum Gasteiger partial charge on any atom is 0.246 e. The summed E-state index contributed by atoms with van der Waals surface area (Å²) in [4.78, 5) is 8.88. The average molecular weight is 264 g/mol. The first-order valence-electron chi connectivity index (χ1n) is 6.21. The van der Waals surface area contributed by atoms with Crippen LogP contribution >= 0.6 is 0 Å². The Kier molecular flexibility index (Phi) is 2.29. The van der Waals surface area contributed by atoms with Crippen LogP contribution in [0.4, 0.5) is 4.39 Å². The molecule has 0 spiro atoms. The Morgan fingerprint density at radius 2 is 1.75 bits per heavy atom. The van der Waals surface area contributed by atoms with Gasteiger partial charge in [0.2, 0.25) is 5.71 Å². The summed E-state index contributed by atoms with van der Waals surface area (Å²) in [7, 11) is 0. The van der Waals surface area contributed by atoms with Crippen LogP contribution in [0.2, 0.25) is 0 Å². The van der Waals surface area contributed by atoms with E-state index in [4.69, 9.17) is 4.42 Å². The fourth-order valence-corrected chi connectivity index (χ4v) is 2.24. The zero-order valence-corrected chi connectivity index (χ0v) is 10.4. The molecule has 2 aromatic heterocycles. The molecule has 0 N–H and O–H groups in total. The second-order valence-corrected chi connectivity index (χ2v) is 4.51. The van der Waals surface area contributed by atoms with E-state index in [1.54, 1.807) is 18.3 Å². The van der Waals surface area contributed by atoms with Crippen molar-refractivity contribution in [3.8, 4) is 11.3 Å².